The van der Waals surface area contributed by atoms with E-state index in [0.29, 0.717) is 11.1 Å². The molecule has 0 N–H and O–H groups in total. The van der Waals surface area contributed by atoms with Crippen molar-refractivity contribution in [3.8, 4) is 11.3 Å². The Morgan fingerprint density at radius 2 is 2.00 bits per heavy atom. The van der Waals surface area contributed by atoms with Crippen LogP contribution in [0.3, 0.4) is 0 Å². The molecular weight excluding hydrogens is 217 g/mol. The molecule has 2 rings (SSSR count). The van der Waals surface area contributed by atoms with Gasteiger partial charge in [0.2, 0.25) is 0 Å². The van der Waals surface area contributed by atoms with E-state index < -0.39 is 0 Å². The predicted molar refractivity (Wildman–Crippen MR) is 64.5 cm³/mol. The average molecular weight is 229 g/mol. The lowest BCUT2D eigenvalue weighted by Crippen LogP contribution is -1.94. The zero-order valence-corrected chi connectivity index (χ0v) is 9.70. The maximum Gasteiger partial charge on any atom is 0.150 e. The number of carbonyl (C=O) groups excluding carboxylic acids is 1. The van der Waals surface area contributed by atoms with Crippen LogP contribution in [0.5, 0.6) is 0 Å². The Bertz CT molecular complexity index is 578. The zero-order chi connectivity index (χ0) is 12.4. The molecule has 2 aromatic rings. The van der Waals surface area contributed by atoms with Gasteiger partial charge < -0.3 is 0 Å². The molecule has 0 aliphatic carbocycles. The average Bonchev–Trinajstić information content (AvgIpc) is 2.33. The topological polar surface area (TPSA) is 30.0 Å². The highest BCUT2D eigenvalue weighted by atomic mass is 19.1. The molecule has 0 unspecified atom stereocenters. The van der Waals surface area contributed by atoms with Crippen molar-refractivity contribution in [2.75, 3.05) is 0 Å². The Balaban J connectivity index is 2.60. The molecule has 0 spiro atoms. The van der Waals surface area contributed by atoms with Crippen LogP contribution in [0.25, 0.3) is 11.3 Å². The SMILES string of the molecule is Cc1cc(-c2nccc(C=O)c2C)ccc1F. The van der Waals surface area contributed by atoms with Gasteiger partial charge in [-0.3, -0.25) is 9.78 Å². The van der Waals surface area contributed by atoms with Crippen molar-refractivity contribution in [1.29, 1.82) is 0 Å². The maximum atomic E-state index is 13.2. The molecule has 0 atom stereocenters. The summed E-state index contributed by atoms with van der Waals surface area (Å²) in [5.74, 6) is -0.238. The van der Waals surface area contributed by atoms with Gasteiger partial charge in [-0.05, 0) is 49.2 Å². The fourth-order valence-electron chi connectivity index (χ4n) is 1.76. The van der Waals surface area contributed by atoms with Crippen molar-refractivity contribution in [2.45, 2.75) is 13.8 Å². The number of aromatic nitrogens is 1. The molecule has 0 radical (unpaired) electrons. The van der Waals surface area contributed by atoms with Crippen LogP contribution in [0, 0.1) is 19.7 Å². The molecule has 0 amide bonds. The van der Waals surface area contributed by atoms with Crippen LogP contribution >= 0.6 is 0 Å². The summed E-state index contributed by atoms with van der Waals surface area (Å²) in [5.41, 5.74) is 3.54. The van der Waals surface area contributed by atoms with Crippen molar-refractivity contribution >= 4 is 6.29 Å². The van der Waals surface area contributed by atoms with Crippen LogP contribution in [-0.4, -0.2) is 11.3 Å². The van der Waals surface area contributed by atoms with Gasteiger partial charge in [-0.15, -0.1) is 0 Å². The molecule has 0 bridgehead atoms. The van der Waals surface area contributed by atoms with Gasteiger partial charge in [0.15, 0.2) is 0 Å². The minimum atomic E-state index is -0.238. The van der Waals surface area contributed by atoms with E-state index in [1.165, 1.54) is 6.07 Å². The summed E-state index contributed by atoms with van der Waals surface area (Å²) in [7, 11) is 0. The van der Waals surface area contributed by atoms with Crippen molar-refractivity contribution < 1.29 is 9.18 Å². The van der Waals surface area contributed by atoms with Crippen LogP contribution in [0.2, 0.25) is 0 Å². The summed E-state index contributed by atoms with van der Waals surface area (Å²) in [6.45, 7) is 3.54. The Morgan fingerprint density at radius 3 is 2.65 bits per heavy atom. The first kappa shape index (κ1) is 11.5. The van der Waals surface area contributed by atoms with E-state index in [9.17, 15) is 9.18 Å². The number of halogens is 1. The van der Waals surface area contributed by atoms with E-state index in [1.807, 2.05) is 6.92 Å². The summed E-state index contributed by atoms with van der Waals surface area (Å²) in [5, 5.41) is 0. The fraction of sp³-hybridized carbons (Fsp3) is 0.143. The van der Waals surface area contributed by atoms with Gasteiger partial charge in [-0.1, -0.05) is 0 Å². The number of pyridine rings is 1. The Kier molecular flexibility index (Phi) is 3.00. The molecular formula is C14H12FNO. The monoisotopic (exact) mass is 229 g/mol. The number of aldehydes is 1. The summed E-state index contributed by atoms with van der Waals surface area (Å²) >= 11 is 0. The number of carbonyl (C=O) groups is 1. The molecule has 0 saturated carbocycles. The summed E-state index contributed by atoms with van der Waals surface area (Å²) in [6.07, 6.45) is 2.39. The molecule has 0 fully saturated rings. The predicted octanol–water partition coefficient (Wildman–Crippen LogP) is 3.32. The lowest BCUT2D eigenvalue weighted by molar-refractivity contribution is 0.112. The molecule has 86 valence electrons. The largest absolute Gasteiger partial charge is 0.298 e. The second kappa shape index (κ2) is 4.45. The van der Waals surface area contributed by atoms with E-state index >= 15 is 0 Å². The Morgan fingerprint density at radius 1 is 1.24 bits per heavy atom. The number of aryl methyl sites for hydroxylation is 1. The van der Waals surface area contributed by atoms with Gasteiger partial charge in [0.05, 0.1) is 5.69 Å². The molecule has 2 nitrogen and oxygen atoms in total. The summed E-state index contributed by atoms with van der Waals surface area (Å²) in [6, 6.07) is 6.49. The molecule has 1 aromatic heterocycles. The van der Waals surface area contributed by atoms with Gasteiger partial charge in [0, 0.05) is 17.3 Å². The number of nitrogens with zero attached hydrogens (tertiary/aromatic N) is 1. The van der Waals surface area contributed by atoms with E-state index in [2.05, 4.69) is 4.98 Å². The van der Waals surface area contributed by atoms with E-state index in [-0.39, 0.29) is 5.82 Å². The van der Waals surface area contributed by atoms with Crippen molar-refractivity contribution in [3.05, 3.63) is 53.0 Å². The molecule has 3 heteroatoms. The third-order valence-electron chi connectivity index (χ3n) is 2.80. The van der Waals surface area contributed by atoms with Crippen LogP contribution < -0.4 is 0 Å². The third kappa shape index (κ3) is 2.09. The van der Waals surface area contributed by atoms with Crippen LogP contribution in [0.1, 0.15) is 21.5 Å². The van der Waals surface area contributed by atoms with Gasteiger partial charge >= 0.3 is 0 Å². The zero-order valence-electron chi connectivity index (χ0n) is 9.70. The molecule has 1 aromatic carbocycles. The first-order valence-electron chi connectivity index (χ1n) is 5.31. The highest BCUT2D eigenvalue weighted by molar-refractivity contribution is 5.81. The Hall–Kier alpha value is -2.03. The lowest BCUT2D eigenvalue weighted by Gasteiger charge is -2.07. The van der Waals surface area contributed by atoms with Crippen LogP contribution in [0.15, 0.2) is 30.5 Å². The van der Waals surface area contributed by atoms with E-state index in [1.54, 1.807) is 31.3 Å². The second-order valence-corrected chi connectivity index (χ2v) is 3.96. The quantitative estimate of drug-likeness (QED) is 0.739. The number of rotatable bonds is 2. The van der Waals surface area contributed by atoms with Gasteiger partial charge in [-0.2, -0.15) is 0 Å². The molecule has 0 saturated heterocycles. The maximum absolute atomic E-state index is 13.2. The van der Waals surface area contributed by atoms with Gasteiger partial charge in [-0.25, -0.2) is 4.39 Å². The summed E-state index contributed by atoms with van der Waals surface area (Å²) < 4.78 is 13.2. The minimum Gasteiger partial charge on any atom is -0.298 e. The van der Waals surface area contributed by atoms with E-state index in [0.717, 1.165) is 23.1 Å². The lowest BCUT2D eigenvalue weighted by atomic mass is 10.0. The van der Waals surface area contributed by atoms with E-state index in [4.69, 9.17) is 0 Å². The molecule has 0 aliphatic rings. The van der Waals surface area contributed by atoms with Gasteiger partial charge in [0.1, 0.15) is 12.1 Å². The van der Waals surface area contributed by atoms with Crippen LogP contribution in [-0.2, 0) is 0 Å². The van der Waals surface area contributed by atoms with Crippen molar-refractivity contribution in [3.63, 3.8) is 0 Å². The smallest absolute Gasteiger partial charge is 0.150 e. The Labute approximate surface area is 99.1 Å². The third-order valence-corrected chi connectivity index (χ3v) is 2.80. The van der Waals surface area contributed by atoms with Gasteiger partial charge in [0.25, 0.3) is 0 Å². The summed E-state index contributed by atoms with van der Waals surface area (Å²) in [4.78, 5) is 15.1. The highest BCUT2D eigenvalue weighted by Crippen LogP contribution is 2.24. The highest BCUT2D eigenvalue weighted by Gasteiger charge is 2.08. The first-order chi connectivity index (χ1) is 8.13. The van der Waals surface area contributed by atoms with Crippen molar-refractivity contribution in [1.82, 2.24) is 4.98 Å². The fourth-order valence-corrected chi connectivity index (χ4v) is 1.76. The van der Waals surface area contributed by atoms with Crippen LogP contribution in [0.4, 0.5) is 4.39 Å². The number of benzene rings is 1. The minimum absolute atomic E-state index is 0.238. The normalized spacial score (nSPS) is 10.3. The second-order valence-electron chi connectivity index (χ2n) is 3.96. The number of hydrogen-bond acceptors (Lipinski definition) is 2. The first-order valence-corrected chi connectivity index (χ1v) is 5.31. The number of hydrogen-bond donors (Lipinski definition) is 0. The molecule has 1 heterocycles. The van der Waals surface area contributed by atoms with Crippen molar-refractivity contribution in [2.24, 2.45) is 0 Å². The molecule has 0 aliphatic heterocycles. The molecule has 17 heavy (non-hydrogen) atoms. The standard InChI is InChI=1S/C14H12FNO/c1-9-7-11(3-4-13(9)15)14-10(2)12(8-17)5-6-16-14/h3-8H,1-2H3.